The Kier molecular flexibility index (Phi) is 8.98. The number of fused-ring (bicyclic) bond motifs is 1. The van der Waals surface area contributed by atoms with Gasteiger partial charge in [0.15, 0.2) is 5.82 Å². The molecule has 2 N–H and O–H groups in total. The highest BCUT2D eigenvalue weighted by molar-refractivity contribution is 5.92. The van der Waals surface area contributed by atoms with Gasteiger partial charge >= 0.3 is 0 Å². The van der Waals surface area contributed by atoms with E-state index < -0.39 is 5.92 Å². The molecule has 4 aromatic heterocycles. The van der Waals surface area contributed by atoms with Crippen LogP contribution < -0.4 is 10.6 Å². The average molecular weight is 653 g/mol. The van der Waals surface area contributed by atoms with Gasteiger partial charge in [-0.1, -0.05) is 18.7 Å². The minimum atomic E-state index is -2.62. The first-order chi connectivity index (χ1) is 23.2. The molecule has 7 rings (SSSR count). The molecule has 1 aromatic carbocycles. The molecule has 2 aliphatic rings. The summed E-state index contributed by atoms with van der Waals surface area (Å²) in [6, 6.07) is 7.18. The van der Waals surface area contributed by atoms with Crippen molar-refractivity contribution in [1.29, 1.82) is 0 Å². The standard InChI is InChI=1S/C37H39F3N8/c1-24(29-15-27(18-41-19-29)22-48-13-9-37(39,40)23-48)7-8-32-25(2)34(46-45-32)36-43-33-21-42-20-31(35(33)44-36)28-14-26(16-30(38)17-28)6-5-12-47-10-3-4-11-47/h7-8,14-21,45H,2-6,9-13,22-23H2,1H3,(H,43,44)/b24-7+,32-8+. The van der Waals surface area contributed by atoms with E-state index >= 15 is 0 Å². The number of pyridine rings is 2. The summed E-state index contributed by atoms with van der Waals surface area (Å²) in [6.07, 6.45) is 15.0. The Hall–Kier alpha value is -4.61. The van der Waals surface area contributed by atoms with E-state index in [1.807, 2.05) is 31.2 Å². The first-order valence-corrected chi connectivity index (χ1v) is 16.5. The van der Waals surface area contributed by atoms with Crippen LogP contribution in [0.1, 0.15) is 49.3 Å². The number of alkyl halides is 2. The van der Waals surface area contributed by atoms with Crippen LogP contribution >= 0.6 is 0 Å². The maximum atomic E-state index is 14.8. The van der Waals surface area contributed by atoms with Crippen LogP contribution in [-0.2, 0) is 13.0 Å². The van der Waals surface area contributed by atoms with Crippen molar-refractivity contribution in [3.05, 3.63) is 88.2 Å². The quantitative estimate of drug-likeness (QED) is 0.201. The van der Waals surface area contributed by atoms with Crippen molar-refractivity contribution >= 4 is 29.3 Å². The van der Waals surface area contributed by atoms with E-state index in [4.69, 9.17) is 4.98 Å². The third-order valence-electron chi connectivity index (χ3n) is 9.33. The number of allylic oxidation sites excluding steroid dienone is 2. The van der Waals surface area contributed by atoms with E-state index in [0.29, 0.717) is 35.3 Å². The lowest BCUT2D eigenvalue weighted by Gasteiger charge is -2.15. The third-order valence-corrected chi connectivity index (χ3v) is 9.33. The van der Waals surface area contributed by atoms with Crippen LogP contribution in [0.3, 0.4) is 0 Å². The van der Waals surface area contributed by atoms with Crippen LogP contribution in [0.2, 0.25) is 0 Å². The van der Waals surface area contributed by atoms with Crippen molar-refractivity contribution in [2.24, 2.45) is 0 Å². The lowest BCUT2D eigenvalue weighted by Crippen LogP contribution is -2.24. The average Bonchev–Trinajstić information content (AvgIpc) is 3.87. The first kappa shape index (κ1) is 32.0. The Balaban J connectivity index is 1.10. The maximum Gasteiger partial charge on any atom is 0.261 e. The number of nitrogens with one attached hydrogen (secondary N) is 2. The molecule has 2 fully saturated rings. The molecule has 0 amide bonds. The Morgan fingerprint density at radius 3 is 2.65 bits per heavy atom. The van der Waals surface area contributed by atoms with Crippen molar-refractivity contribution in [3.63, 3.8) is 0 Å². The molecule has 248 valence electrons. The summed E-state index contributed by atoms with van der Waals surface area (Å²) in [5, 5.41) is 8.95. The Morgan fingerprint density at radius 2 is 1.83 bits per heavy atom. The molecule has 5 aromatic rings. The van der Waals surface area contributed by atoms with E-state index in [9.17, 15) is 13.2 Å². The zero-order valence-electron chi connectivity index (χ0n) is 27.1. The molecule has 2 aliphatic heterocycles. The molecule has 0 spiro atoms. The van der Waals surface area contributed by atoms with Gasteiger partial charge in [0.25, 0.3) is 5.92 Å². The van der Waals surface area contributed by atoms with Crippen LogP contribution in [0.4, 0.5) is 13.2 Å². The van der Waals surface area contributed by atoms with Crippen molar-refractivity contribution in [2.75, 3.05) is 32.7 Å². The van der Waals surface area contributed by atoms with Crippen LogP contribution in [0.15, 0.2) is 55.1 Å². The second kappa shape index (κ2) is 13.5. The van der Waals surface area contributed by atoms with Crippen LogP contribution in [0.5, 0.6) is 0 Å². The number of halogens is 3. The topological polar surface area (TPSA) is 89.6 Å². The second-order valence-electron chi connectivity index (χ2n) is 13.0. The number of imidazole rings is 1. The summed E-state index contributed by atoms with van der Waals surface area (Å²) in [6.45, 7) is 10.2. The largest absolute Gasteiger partial charge is 0.335 e. The summed E-state index contributed by atoms with van der Waals surface area (Å²) < 4.78 is 42.1. The number of nitrogens with zero attached hydrogens (tertiary/aromatic N) is 6. The fraction of sp³-hybridized carbons (Fsp3) is 0.351. The predicted octanol–water partition coefficient (Wildman–Crippen LogP) is 5.71. The van der Waals surface area contributed by atoms with Crippen molar-refractivity contribution in [1.82, 2.24) is 39.9 Å². The normalized spacial score (nSPS) is 17.7. The van der Waals surface area contributed by atoms with Crippen molar-refractivity contribution in [2.45, 2.75) is 51.5 Å². The monoisotopic (exact) mass is 652 g/mol. The van der Waals surface area contributed by atoms with Gasteiger partial charge < -0.3 is 9.88 Å². The number of aromatic amines is 2. The summed E-state index contributed by atoms with van der Waals surface area (Å²) in [5.41, 5.74) is 7.18. The van der Waals surface area contributed by atoms with Gasteiger partial charge in [-0.25, -0.2) is 18.2 Å². The number of hydrogen-bond acceptors (Lipinski definition) is 6. The molecule has 48 heavy (non-hydrogen) atoms. The van der Waals surface area contributed by atoms with Gasteiger partial charge in [0.1, 0.15) is 11.5 Å². The van der Waals surface area contributed by atoms with E-state index in [1.165, 1.54) is 18.9 Å². The molecule has 11 heteroatoms. The maximum absolute atomic E-state index is 14.8. The first-order valence-electron chi connectivity index (χ1n) is 16.5. The number of aryl methyl sites for hydroxylation is 1. The number of aromatic nitrogens is 6. The summed E-state index contributed by atoms with van der Waals surface area (Å²) in [5.74, 6) is -2.36. The van der Waals surface area contributed by atoms with Gasteiger partial charge in [-0.3, -0.25) is 20.0 Å². The van der Waals surface area contributed by atoms with Crippen LogP contribution in [0, 0.1) is 5.82 Å². The Labute approximate surface area is 277 Å². The highest BCUT2D eigenvalue weighted by Gasteiger charge is 2.37. The number of benzene rings is 1. The number of rotatable bonds is 10. The molecule has 6 heterocycles. The van der Waals surface area contributed by atoms with Crippen LogP contribution in [-0.4, -0.2) is 78.6 Å². The van der Waals surface area contributed by atoms with E-state index in [2.05, 4.69) is 36.6 Å². The third kappa shape index (κ3) is 7.12. The van der Waals surface area contributed by atoms with E-state index in [-0.39, 0.29) is 18.8 Å². The summed E-state index contributed by atoms with van der Waals surface area (Å²) >= 11 is 0. The minimum Gasteiger partial charge on any atom is -0.335 e. The Bertz CT molecular complexity index is 2080. The van der Waals surface area contributed by atoms with Crippen molar-refractivity contribution in [3.8, 4) is 22.6 Å². The SMILES string of the molecule is C=c1c(-c2nc3c(-c4cc(F)cc(CCCN5CCCC5)c4)cncc3[nH]2)n[nH]/c1=C/C=C(\C)c1cncc(CN2CCC(F)(F)C2)c1. The van der Waals surface area contributed by atoms with Crippen molar-refractivity contribution < 1.29 is 13.2 Å². The van der Waals surface area contributed by atoms with E-state index in [0.717, 1.165) is 76.7 Å². The smallest absolute Gasteiger partial charge is 0.261 e. The fourth-order valence-electron chi connectivity index (χ4n) is 6.73. The second-order valence-corrected chi connectivity index (χ2v) is 13.0. The van der Waals surface area contributed by atoms with Gasteiger partial charge in [0.05, 0.1) is 29.1 Å². The van der Waals surface area contributed by atoms with Gasteiger partial charge in [-0.05, 0) is 104 Å². The number of hydrogen-bond donors (Lipinski definition) is 2. The molecule has 0 unspecified atom stereocenters. The zero-order valence-corrected chi connectivity index (χ0v) is 27.1. The molecule has 8 nitrogen and oxygen atoms in total. The lowest BCUT2D eigenvalue weighted by atomic mass is 10.0. The fourth-order valence-corrected chi connectivity index (χ4v) is 6.73. The molecule has 0 radical (unpaired) electrons. The zero-order chi connectivity index (χ0) is 33.3. The van der Waals surface area contributed by atoms with Crippen LogP contribution in [0.25, 0.3) is 51.9 Å². The summed E-state index contributed by atoms with van der Waals surface area (Å²) in [7, 11) is 0. The molecular weight excluding hydrogens is 613 g/mol. The van der Waals surface area contributed by atoms with E-state index in [1.54, 1.807) is 35.8 Å². The summed E-state index contributed by atoms with van der Waals surface area (Å²) in [4.78, 5) is 21.2. The molecular formula is C37H39F3N8. The van der Waals surface area contributed by atoms with Gasteiger partial charge in [0.2, 0.25) is 0 Å². The van der Waals surface area contributed by atoms with Gasteiger partial charge in [-0.15, -0.1) is 0 Å². The predicted molar refractivity (Wildman–Crippen MR) is 183 cm³/mol. The highest BCUT2D eigenvalue weighted by atomic mass is 19.3. The molecule has 0 atom stereocenters. The molecule has 2 saturated heterocycles. The number of H-pyrrole nitrogens is 2. The Morgan fingerprint density at radius 1 is 1.00 bits per heavy atom. The highest BCUT2D eigenvalue weighted by Crippen LogP contribution is 2.30. The lowest BCUT2D eigenvalue weighted by molar-refractivity contribution is 0.0115. The van der Waals surface area contributed by atoms with Gasteiger partial charge in [-0.2, -0.15) is 5.10 Å². The molecule has 0 aliphatic carbocycles. The van der Waals surface area contributed by atoms with Gasteiger partial charge in [0, 0.05) is 48.9 Å². The molecule has 0 saturated carbocycles. The molecule has 0 bridgehead atoms. The number of likely N-dealkylation sites (tertiary alicyclic amines) is 2. The minimum absolute atomic E-state index is 0.105.